The minimum absolute atomic E-state index is 0.703. The van der Waals surface area contributed by atoms with Gasteiger partial charge in [-0.3, -0.25) is 0 Å². The smallest absolute Gasteiger partial charge is 0.175 e. The normalized spacial score (nSPS) is 15.4. The first-order valence-electron chi connectivity index (χ1n) is 7.94. The molecule has 1 saturated carbocycles. The predicted molar refractivity (Wildman–Crippen MR) is 90.1 cm³/mol. The highest BCUT2D eigenvalue weighted by Gasteiger charge is 2.15. The lowest BCUT2D eigenvalue weighted by Crippen LogP contribution is -2.20. The lowest BCUT2D eigenvalue weighted by molar-refractivity contribution is 0.292. The van der Waals surface area contributed by atoms with Crippen LogP contribution in [0.1, 0.15) is 44.6 Å². The Morgan fingerprint density at radius 1 is 1.29 bits per heavy atom. The lowest BCUT2D eigenvalue weighted by Gasteiger charge is -2.15. The number of hydrogen-bond acceptors (Lipinski definition) is 3. The molecule has 0 heterocycles. The van der Waals surface area contributed by atoms with Crippen LogP contribution in [-0.4, -0.2) is 20.3 Å². The molecular formula is C17H26BrNO2. The molecule has 1 fully saturated rings. The highest BCUT2D eigenvalue weighted by atomic mass is 79.9. The Morgan fingerprint density at radius 3 is 2.71 bits per heavy atom. The fraction of sp³-hybridized carbons (Fsp3) is 0.647. The molecule has 4 heteroatoms. The van der Waals surface area contributed by atoms with Gasteiger partial charge in [0.1, 0.15) is 0 Å². The fourth-order valence-electron chi connectivity index (χ4n) is 2.85. The second-order valence-corrected chi connectivity index (χ2v) is 6.59. The van der Waals surface area contributed by atoms with Gasteiger partial charge in [0.25, 0.3) is 0 Å². The van der Waals surface area contributed by atoms with Crippen LogP contribution in [-0.2, 0) is 6.54 Å². The largest absolute Gasteiger partial charge is 0.493 e. The highest BCUT2D eigenvalue weighted by molar-refractivity contribution is 9.10. The van der Waals surface area contributed by atoms with Crippen molar-refractivity contribution >= 4 is 15.9 Å². The Kier molecular flexibility index (Phi) is 6.84. The first-order valence-corrected chi connectivity index (χ1v) is 8.73. The number of halogens is 1. The molecule has 0 amide bonds. The average molecular weight is 356 g/mol. The molecule has 1 aliphatic rings. The molecule has 0 saturated heterocycles. The van der Waals surface area contributed by atoms with E-state index in [9.17, 15) is 0 Å². The van der Waals surface area contributed by atoms with Crippen molar-refractivity contribution in [1.82, 2.24) is 5.32 Å². The molecular weight excluding hydrogens is 330 g/mol. The molecule has 1 aromatic carbocycles. The van der Waals surface area contributed by atoms with Crippen LogP contribution in [0.2, 0.25) is 0 Å². The van der Waals surface area contributed by atoms with E-state index >= 15 is 0 Å². The molecule has 1 aliphatic carbocycles. The van der Waals surface area contributed by atoms with Gasteiger partial charge in [-0.1, -0.05) is 19.8 Å². The summed E-state index contributed by atoms with van der Waals surface area (Å²) in [6.07, 6.45) is 6.54. The van der Waals surface area contributed by atoms with Crippen LogP contribution in [0.4, 0.5) is 0 Å². The van der Waals surface area contributed by atoms with Crippen LogP contribution >= 0.6 is 15.9 Å². The molecule has 3 nitrogen and oxygen atoms in total. The molecule has 0 radical (unpaired) electrons. The maximum atomic E-state index is 5.76. The molecule has 0 aliphatic heterocycles. The van der Waals surface area contributed by atoms with E-state index < -0.39 is 0 Å². The molecule has 118 valence electrons. The van der Waals surface area contributed by atoms with Gasteiger partial charge in [0.15, 0.2) is 11.5 Å². The highest BCUT2D eigenvalue weighted by Crippen LogP contribution is 2.36. The molecule has 0 bridgehead atoms. The molecule has 0 atom stereocenters. The van der Waals surface area contributed by atoms with Crippen molar-refractivity contribution in [1.29, 1.82) is 0 Å². The second kappa shape index (κ2) is 8.64. The minimum atomic E-state index is 0.703. The number of hydrogen-bond donors (Lipinski definition) is 1. The molecule has 1 aromatic rings. The number of nitrogens with one attached hydrogen (secondary N) is 1. The van der Waals surface area contributed by atoms with Crippen molar-refractivity contribution < 1.29 is 9.47 Å². The van der Waals surface area contributed by atoms with E-state index in [4.69, 9.17) is 9.47 Å². The van der Waals surface area contributed by atoms with E-state index in [1.807, 2.05) is 0 Å². The number of benzene rings is 1. The third kappa shape index (κ3) is 4.89. The van der Waals surface area contributed by atoms with Gasteiger partial charge in [-0.05, 0) is 65.4 Å². The Hall–Kier alpha value is -0.740. The van der Waals surface area contributed by atoms with Crippen LogP contribution in [0, 0.1) is 5.92 Å². The topological polar surface area (TPSA) is 30.5 Å². The van der Waals surface area contributed by atoms with E-state index in [2.05, 4.69) is 40.3 Å². The van der Waals surface area contributed by atoms with Crippen molar-refractivity contribution in [2.24, 2.45) is 5.92 Å². The minimum Gasteiger partial charge on any atom is -0.493 e. The Labute approximate surface area is 136 Å². The van der Waals surface area contributed by atoms with Gasteiger partial charge >= 0.3 is 0 Å². The predicted octanol–water partition coefficient (Wildman–Crippen LogP) is 4.53. The summed E-state index contributed by atoms with van der Waals surface area (Å²) in [6, 6.07) is 4.19. The van der Waals surface area contributed by atoms with E-state index in [1.54, 1.807) is 7.11 Å². The number of ether oxygens (including phenoxy) is 2. The summed E-state index contributed by atoms with van der Waals surface area (Å²) in [6.45, 7) is 4.80. The zero-order chi connectivity index (χ0) is 15.1. The van der Waals surface area contributed by atoms with Crippen molar-refractivity contribution in [3.05, 3.63) is 22.2 Å². The van der Waals surface area contributed by atoms with Gasteiger partial charge in [0.05, 0.1) is 18.2 Å². The van der Waals surface area contributed by atoms with Crippen molar-refractivity contribution in [2.75, 3.05) is 20.3 Å². The molecule has 21 heavy (non-hydrogen) atoms. The van der Waals surface area contributed by atoms with E-state index in [-0.39, 0.29) is 0 Å². The van der Waals surface area contributed by atoms with Crippen molar-refractivity contribution in [3.63, 3.8) is 0 Å². The summed E-state index contributed by atoms with van der Waals surface area (Å²) in [4.78, 5) is 0. The Bertz CT molecular complexity index is 445. The molecule has 0 spiro atoms. The first-order chi connectivity index (χ1) is 10.2. The van der Waals surface area contributed by atoms with Crippen LogP contribution in [0.15, 0.2) is 16.6 Å². The van der Waals surface area contributed by atoms with Gasteiger partial charge in [-0.25, -0.2) is 0 Å². The number of rotatable bonds is 8. The SMILES string of the molecule is CCCOc1c(Br)cc(CNCC2CCCC2)cc1OC. The summed E-state index contributed by atoms with van der Waals surface area (Å²) in [5.41, 5.74) is 1.22. The van der Waals surface area contributed by atoms with Crippen LogP contribution in [0.25, 0.3) is 0 Å². The summed E-state index contributed by atoms with van der Waals surface area (Å²) in [5.74, 6) is 2.47. The summed E-state index contributed by atoms with van der Waals surface area (Å²) in [5, 5.41) is 3.57. The van der Waals surface area contributed by atoms with Gasteiger partial charge in [0.2, 0.25) is 0 Å². The monoisotopic (exact) mass is 355 g/mol. The molecule has 1 N–H and O–H groups in total. The maximum absolute atomic E-state index is 5.76. The summed E-state index contributed by atoms with van der Waals surface area (Å²) >= 11 is 3.59. The third-order valence-electron chi connectivity index (χ3n) is 3.98. The third-order valence-corrected chi connectivity index (χ3v) is 4.57. The molecule has 2 rings (SSSR count). The summed E-state index contributed by atoms with van der Waals surface area (Å²) < 4.78 is 12.2. The van der Waals surface area contributed by atoms with Gasteiger partial charge < -0.3 is 14.8 Å². The van der Waals surface area contributed by atoms with Gasteiger partial charge in [0, 0.05) is 6.54 Å². The van der Waals surface area contributed by atoms with Crippen LogP contribution in [0.5, 0.6) is 11.5 Å². The second-order valence-electron chi connectivity index (χ2n) is 5.74. The fourth-order valence-corrected chi connectivity index (χ4v) is 3.46. The summed E-state index contributed by atoms with van der Waals surface area (Å²) in [7, 11) is 1.69. The zero-order valence-electron chi connectivity index (χ0n) is 13.1. The van der Waals surface area contributed by atoms with Crippen LogP contribution in [0.3, 0.4) is 0 Å². The van der Waals surface area contributed by atoms with E-state index in [1.165, 1.54) is 31.2 Å². The number of methoxy groups -OCH3 is 1. The van der Waals surface area contributed by atoms with Crippen LogP contribution < -0.4 is 14.8 Å². The van der Waals surface area contributed by atoms with Gasteiger partial charge in [-0.15, -0.1) is 0 Å². The zero-order valence-corrected chi connectivity index (χ0v) is 14.7. The van der Waals surface area contributed by atoms with E-state index in [0.717, 1.165) is 41.4 Å². The lowest BCUT2D eigenvalue weighted by atomic mass is 10.1. The molecule has 0 aromatic heterocycles. The van der Waals surface area contributed by atoms with E-state index in [0.29, 0.717) is 6.61 Å². The van der Waals surface area contributed by atoms with Crippen molar-refractivity contribution in [3.8, 4) is 11.5 Å². The maximum Gasteiger partial charge on any atom is 0.175 e. The Morgan fingerprint density at radius 2 is 2.05 bits per heavy atom. The van der Waals surface area contributed by atoms with Crippen molar-refractivity contribution in [2.45, 2.75) is 45.6 Å². The molecule has 0 unspecified atom stereocenters. The standard InChI is InChI=1S/C17H26BrNO2/c1-3-8-21-17-15(18)9-14(10-16(17)20-2)12-19-11-13-6-4-5-7-13/h9-10,13,19H,3-8,11-12H2,1-2H3. The quantitative estimate of drug-likeness (QED) is 0.743. The Balaban J connectivity index is 1.94. The average Bonchev–Trinajstić information content (AvgIpc) is 2.99. The first kappa shape index (κ1) is 16.6. The van der Waals surface area contributed by atoms with Gasteiger partial charge in [-0.2, -0.15) is 0 Å².